The number of carbonyl (C=O) groups is 1. The molecule has 0 aromatic heterocycles. The fourth-order valence-corrected chi connectivity index (χ4v) is 2.57. The van der Waals surface area contributed by atoms with Crippen LogP contribution in [0.1, 0.15) is 29.6 Å². The molecule has 0 bridgehead atoms. The van der Waals surface area contributed by atoms with Crippen molar-refractivity contribution < 1.29 is 14.3 Å². The van der Waals surface area contributed by atoms with Crippen molar-refractivity contribution in [2.75, 3.05) is 19.6 Å². The minimum Gasteiger partial charge on any atom is -0.507 e. The average molecular weight is 266 g/mol. The van der Waals surface area contributed by atoms with Gasteiger partial charge in [0.1, 0.15) is 11.6 Å². The van der Waals surface area contributed by atoms with Crippen LogP contribution in [0.4, 0.5) is 4.39 Å². The minimum absolute atomic E-state index is 0.0356. The zero-order valence-corrected chi connectivity index (χ0v) is 10.8. The molecule has 3 N–H and O–H groups in total. The lowest BCUT2D eigenvalue weighted by Crippen LogP contribution is -2.40. The summed E-state index contributed by atoms with van der Waals surface area (Å²) in [6.45, 7) is 1.89. The minimum atomic E-state index is -0.517. The van der Waals surface area contributed by atoms with Crippen LogP contribution in [0.25, 0.3) is 0 Å². The summed E-state index contributed by atoms with van der Waals surface area (Å²) in [7, 11) is 0. The van der Waals surface area contributed by atoms with Gasteiger partial charge < -0.3 is 15.7 Å². The summed E-state index contributed by atoms with van der Waals surface area (Å²) in [5, 5.41) is 9.67. The van der Waals surface area contributed by atoms with Crippen molar-refractivity contribution >= 4 is 5.91 Å². The van der Waals surface area contributed by atoms with E-state index in [9.17, 15) is 14.3 Å². The predicted octanol–water partition coefficient (Wildman–Crippen LogP) is 1.73. The van der Waals surface area contributed by atoms with Crippen LogP contribution in [0, 0.1) is 11.7 Å². The molecule has 1 aromatic carbocycles. The molecule has 104 valence electrons. The van der Waals surface area contributed by atoms with Crippen molar-refractivity contribution in [3.8, 4) is 5.75 Å². The molecule has 0 saturated carbocycles. The van der Waals surface area contributed by atoms with Crippen molar-refractivity contribution in [3.63, 3.8) is 0 Å². The Hall–Kier alpha value is -1.62. The number of hydrogen-bond acceptors (Lipinski definition) is 3. The first-order valence-corrected chi connectivity index (χ1v) is 6.59. The molecule has 19 heavy (non-hydrogen) atoms. The molecule has 1 amide bonds. The molecular weight excluding hydrogens is 247 g/mol. The predicted molar refractivity (Wildman–Crippen MR) is 70.4 cm³/mol. The van der Waals surface area contributed by atoms with Crippen LogP contribution in [-0.2, 0) is 0 Å². The number of hydrogen-bond donors (Lipinski definition) is 2. The molecule has 2 rings (SSSR count). The Balaban J connectivity index is 2.12. The summed E-state index contributed by atoms with van der Waals surface area (Å²) in [5.74, 6) is -0.596. The number of piperidine rings is 1. The maximum absolute atomic E-state index is 13.2. The van der Waals surface area contributed by atoms with Crippen molar-refractivity contribution in [2.45, 2.75) is 19.3 Å². The monoisotopic (exact) mass is 266 g/mol. The average Bonchev–Trinajstić information content (AvgIpc) is 2.41. The molecule has 1 heterocycles. The Kier molecular flexibility index (Phi) is 4.37. The molecule has 1 aliphatic rings. The topological polar surface area (TPSA) is 66.6 Å². The van der Waals surface area contributed by atoms with Crippen LogP contribution >= 0.6 is 0 Å². The SMILES string of the molecule is NCCC1CCCN(C(=O)c2cc(F)ccc2O)C1. The number of nitrogens with two attached hydrogens (primary N) is 1. The molecule has 1 fully saturated rings. The number of aromatic hydroxyl groups is 1. The second-order valence-corrected chi connectivity index (χ2v) is 5.00. The van der Waals surface area contributed by atoms with Crippen molar-refractivity contribution in [1.82, 2.24) is 4.90 Å². The lowest BCUT2D eigenvalue weighted by atomic mass is 9.94. The summed E-state index contributed by atoms with van der Waals surface area (Å²) in [4.78, 5) is 14.0. The molecular formula is C14H19FN2O2. The summed E-state index contributed by atoms with van der Waals surface area (Å²) in [6.07, 6.45) is 2.88. The smallest absolute Gasteiger partial charge is 0.257 e. The molecule has 1 saturated heterocycles. The van der Waals surface area contributed by atoms with Crippen LogP contribution in [-0.4, -0.2) is 35.5 Å². The van der Waals surface area contributed by atoms with E-state index in [1.165, 1.54) is 6.07 Å². The Labute approximate surface area is 112 Å². The largest absolute Gasteiger partial charge is 0.507 e. The van der Waals surface area contributed by atoms with E-state index in [-0.39, 0.29) is 17.2 Å². The van der Waals surface area contributed by atoms with Crippen LogP contribution in [0.2, 0.25) is 0 Å². The third kappa shape index (κ3) is 3.23. The number of rotatable bonds is 3. The van der Waals surface area contributed by atoms with Crippen LogP contribution < -0.4 is 5.73 Å². The van der Waals surface area contributed by atoms with E-state index in [0.29, 0.717) is 25.6 Å². The van der Waals surface area contributed by atoms with E-state index in [4.69, 9.17) is 5.73 Å². The van der Waals surface area contributed by atoms with Gasteiger partial charge in [-0.1, -0.05) is 0 Å². The summed E-state index contributed by atoms with van der Waals surface area (Å²) >= 11 is 0. The van der Waals surface area contributed by atoms with E-state index in [0.717, 1.165) is 31.4 Å². The third-order valence-electron chi connectivity index (χ3n) is 3.57. The van der Waals surface area contributed by atoms with Gasteiger partial charge in [0.05, 0.1) is 5.56 Å². The maximum atomic E-state index is 13.2. The third-order valence-corrected chi connectivity index (χ3v) is 3.57. The van der Waals surface area contributed by atoms with Gasteiger partial charge in [-0.2, -0.15) is 0 Å². The number of halogens is 1. The molecule has 0 radical (unpaired) electrons. The molecule has 0 aliphatic carbocycles. The van der Waals surface area contributed by atoms with Gasteiger partial charge in [-0.15, -0.1) is 0 Å². The van der Waals surface area contributed by atoms with Gasteiger partial charge in [-0.25, -0.2) is 4.39 Å². The van der Waals surface area contributed by atoms with Gasteiger partial charge in [0, 0.05) is 13.1 Å². The summed E-state index contributed by atoms with van der Waals surface area (Å²) < 4.78 is 13.2. The van der Waals surface area contributed by atoms with Crippen molar-refractivity contribution in [1.29, 1.82) is 0 Å². The lowest BCUT2D eigenvalue weighted by Gasteiger charge is -2.32. The first-order chi connectivity index (χ1) is 9.11. The van der Waals surface area contributed by atoms with Gasteiger partial charge >= 0.3 is 0 Å². The Bertz CT molecular complexity index is 463. The molecule has 1 atom stereocenters. The van der Waals surface area contributed by atoms with Crippen LogP contribution in [0.3, 0.4) is 0 Å². The fourth-order valence-electron chi connectivity index (χ4n) is 2.57. The fraction of sp³-hybridized carbons (Fsp3) is 0.500. The maximum Gasteiger partial charge on any atom is 0.257 e. The molecule has 5 heteroatoms. The number of likely N-dealkylation sites (tertiary alicyclic amines) is 1. The van der Waals surface area contributed by atoms with Gasteiger partial charge in [0.25, 0.3) is 5.91 Å². The number of carbonyl (C=O) groups excluding carboxylic acids is 1. The molecule has 1 aliphatic heterocycles. The highest BCUT2D eigenvalue weighted by Crippen LogP contribution is 2.24. The van der Waals surface area contributed by atoms with E-state index in [1.54, 1.807) is 4.90 Å². The summed E-state index contributed by atoms with van der Waals surface area (Å²) in [6, 6.07) is 3.44. The quantitative estimate of drug-likeness (QED) is 0.875. The Morgan fingerprint density at radius 1 is 1.53 bits per heavy atom. The highest BCUT2D eigenvalue weighted by molar-refractivity contribution is 5.96. The number of phenols is 1. The zero-order valence-electron chi connectivity index (χ0n) is 10.8. The lowest BCUT2D eigenvalue weighted by molar-refractivity contribution is 0.0666. The van der Waals surface area contributed by atoms with Gasteiger partial charge in [-0.3, -0.25) is 4.79 Å². The number of benzene rings is 1. The van der Waals surface area contributed by atoms with Crippen LogP contribution in [0.15, 0.2) is 18.2 Å². The van der Waals surface area contributed by atoms with E-state index in [2.05, 4.69) is 0 Å². The Morgan fingerprint density at radius 3 is 3.05 bits per heavy atom. The molecule has 1 aromatic rings. The highest BCUT2D eigenvalue weighted by Gasteiger charge is 2.25. The van der Waals surface area contributed by atoms with E-state index in [1.807, 2.05) is 0 Å². The van der Waals surface area contributed by atoms with Crippen molar-refractivity contribution in [2.24, 2.45) is 11.7 Å². The molecule has 4 nitrogen and oxygen atoms in total. The van der Waals surface area contributed by atoms with Crippen LogP contribution in [0.5, 0.6) is 5.75 Å². The second-order valence-electron chi connectivity index (χ2n) is 5.00. The molecule has 0 spiro atoms. The Morgan fingerprint density at radius 2 is 2.32 bits per heavy atom. The number of phenolic OH excluding ortho intramolecular Hbond substituents is 1. The molecule has 1 unspecified atom stereocenters. The number of nitrogens with zero attached hydrogens (tertiary/aromatic N) is 1. The second kappa shape index (κ2) is 6.02. The first-order valence-electron chi connectivity index (χ1n) is 6.59. The van der Waals surface area contributed by atoms with Gasteiger partial charge in [0.15, 0.2) is 0 Å². The highest BCUT2D eigenvalue weighted by atomic mass is 19.1. The summed E-state index contributed by atoms with van der Waals surface area (Å²) in [5.41, 5.74) is 5.58. The van der Waals surface area contributed by atoms with E-state index < -0.39 is 5.82 Å². The normalized spacial score (nSPS) is 19.5. The first kappa shape index (κ1) is 13.8. The zero-order chi connectivity index (χ0) is 13.8. The number of amides is 1. The van der Waals surface area contributed by atoms with Crippen molar-refractivity contribution in [3.05, 3.63) is 29.6 Å². The van der Waals surface area contributed by atoms with E-state index >= 15 is 0 Å². The standard InChI is InChI=1S/C14H19FN2O2/c15-11-3-4-13(18)12(8-11)14(19)17-7-1-2-10(9-17)5-6-16/h3-4,8,10,18H,1-2,5-7,9,16H2. The van der Waals surface area contributed by atoms with Gasteiger partial charge in [-0.05, 0) is 49.9 Å². The van der Waals surface area contributed by atoms with Gasteiger partial charge in [0.2, 0.25) is 0 Å².